The summed E-state index contributed by atoms with van der Waals surface area (Å²) in [6.07, 6.45) is 10.3. The number of aromatic nitrogens is 8. The van der Waals surface area contributed by atoms with Gasteiger partial charge in [-0.25, -0.2) is 23.0 Å². The quantitative estimate of drug-likeness (QED) is 0.333. The van der Waals surface area contributed by atoms with Gasteiger partial charge in [0.25, 0.3) is 6.43 Å². The highest BCUT2D eigenvalue weighted by Crippen LogP contribution is 2.34. The molecular weight excluding hydrogens is 496 g/mol. The van der Waals surface area contributed by atoms with Gasteiger partial charge in [0.15, 0.2) is 11.3 Å². The highest BCUT2D eigenvalue weighted by atomic mass is 19.3. The minimum absolute atomic E-state index is 0.00413. The summed E-state index contributed by atoms with van der Waals surface area (Å²) in [6.45, 7) is 0.152. The van der Waals surface area contributed by atoms with Crippen LogP contribution in [0.2, 0.25) is 0 Å². The molecule has 11 nitrogen and oxygen atoms in total. The van der Waals surface area contributed by atoms with Crippen LogP contribution in [0.3, 0.4) is 0 Å². The van der Waals surface area contributed by atoms with E-state index in [0.29, 0.717) is 22.7 Å². The second-order valence-corrected chi connectivity index (χ2v) is 10.3. The van der Waals surface area contributed by atoms with Crippen molar-refractivity contribution in [2.45, 2.75) is 76.0 Å². The van der Waals surface area contributed by atoms with Gasteiger partial charge in [-0.05, 0) is 50.5 Å². The summed E-state index contributed by atoms with van der Waals surface area (Å²) in [6, 6.07) is 1.75. The van der Waals surface area contributed by atoms with Crippen molar-refractivity contribution in [1.82, 2.24) is 39.4 Å². The average Bonchev–Trinajstić information content (AvgIpc) is 3.68. The van der Waals surface area contributed by atoms with Crippen molar-refractivity contribution in [2.24, 2.45) is 5.92 Å². The molecule has 2 atom stereocenters. The Balaban J connectivity index is 1.27. The van der Waals surface area contributed by atoms with Crippen LogP contribution in [0.4, 0.5) is 14.6 Å². The van der Waals surface area contributed by atoms with Crippen LogP contribution in [0, 0.1) is 5.92 Å². The number of nitrogens with one attached hydrogen (secondary N) is 1. The fraction of sp³-hybridized carbons (Fsp3) is 0.560. The van der Waals surface area contributed by atoms with Crippen LogP contribution < -0.4 is 5.32 Å². The Kier molecular flexibility index (Phi) is 6.78. The first-order chi connectivity index (χ1) is 18.5. The third-order valence-electron chi connectivity index (χ3n) is 7.84. The van der Waals surface area contributed by atoms with Crippen molar-refractivity contribution in [3.05, 3.63) is 36.5 Å². The highest BCUT2D eigenvalue weighted by molar-refractivity contribution is 5.74. The van der Waals surface area contributed by atoms with Crippen molar-refractivity contribution in [3.8, 4) is 16.9 Å². The fourth-order valence-corrected chi connectivity index (χ4v) is 5.61. The first kappa shape index (κ1) is 24.9. The SMILES string of the molecule is OCC1CCC(n2cc(-n3cc(-c4cnn5ccc(N[C@H]6CCCC[C@H]6O)nc45)nn3)c(C(F)F)n2)CC1. The first-order valence-corrected chi connectivity index (χ1v) is 13.2. The third-order valence-corrected chi connectivity index (χ3v) is 7.84. The predicted octanol–water partition coefficient (Wildman–Crippen LogP) is 3.55. The summed E-state index contributed by atoms with van der Waals surface area (Å²) in [7, 11) is 0. The van der Waals surface area contributed by atoms with E-state index in [2.05, 4.69) is 25.8 Å². The van der Waals surface area contributed by atoms with E-state index in [-0.39, 0.29) is 36.0 Å². The van der Waals surface area contributed by atoms with Gasteiger partial charge in [0.2, 0.25) is 0 Å². The second-order valence-electron chi connectivity index (χ2n) is 10.3. The monoisotopic (exact) mass is 527 g/mol. The molecule has 0 radical (unpaired) electrons. The molecule has 4 aromatic heterocycles. The van der Waals surface area contributed by atoms with Crippen molar-refractivity contribution >= 4 is 11.5 Å². The predicted molar refractivity (Wildman–Crippen MR) is 134 cm³/mol. The van der Waals surface area contributed by atoms with E-state index < -0.39 is 12.5 Å². The van der Waals surface area contributed by atoms with E-state index in [1.54, 1.807) is 40.1 Å². The minimum atomic E-state index is -2.77. The summed E-state index contributed by atoms with van der Waals surface area (Å²) >= 11 is 0. The Labute approximate surface area is 217 Å². The number of nitrogens with zero attached hydrogens (tertiary/aromatic N) is 8. The molecule has 2 aliphatic carbocycles. The second kappa shape index (κ2) is 10.4. The number of alkyl halides is 2. The summed E-state index contributed by atoms with van der Waals surface area (Å²) < 4.78 is 32.4. The van der Waals surface area contributed by atoms with Gasteiger partial charge in [-0.2, -0.15) is 10.2 Å². The Morgan fingerprint density at radius 2 is 1.89 bits per heavy atom. The molecule has 4 aromatic rings. The van der Waals surface area contributed by atoms with Crippen molar-refractivity contribution in [2.75, 3.05) is 11.9 Å². The Hall–Kier alpha value is -3.45. The molecule has 0 saturated heterocycles. The smallest absolute Gasteiger partial charge is 0.284 e. The van der Waals surface area contributed by atoms with Gasteiger partial charge in [0, 0.05) is 12.8 Å². The number of hydrogen-bond donors (Lipinski definition) is 3. The van der Waals surface area contributed by atoms with Gasteiger partial charge in [-0.1, -0.05) is 18.1 Å². The lowest BCUT2D eigenvalue weighted by Crippen LogP contribution is -2.36. The first-order valence-electron chi connectivity index (χ1n) is 13.2. The summed E-state index contributed by atoms with van der Waals surface area (Å²) in [4.78, 5) is 4.69. The number of fused-ring (bicyclic) bond motifs is 1. The fourth-order valence-electron chi connectivity index (χ4n) is 5.61. The molecule has 13 heteroatoms. The molecule has 2 aliphatic rings. The number of rotatable bonds is 7. The normalized spacial score (nSPS) is 24.3. The van der Waals surface area contributed by atoms with Crippen LogP contribution in [-0.4, -0.2) is 68.3 Å². The van der Waals surface area contributed by atoms with Gasteiger partial charge in [0.1, 0.15) is 17.2 Å². The zero-order valence-electron chi connectivity index (χ0n) is 20.9. The van der Waals surface area contributed by atoms with Gasteiger partial charge in [-0.3, -0.25) is 4.68 Å². The lowest BCUT2D eigenvalue weighted by molar-refractivity contribution is 0.116. The van der Waals surface area contributed by atoms with Crippen LogP contribution in [0.25, 0.3) is 22.6 Å². The maximum Gasteiger partial charge on any atom is 0.284 e. The zero-order chi connectivity index (χ0) is 26.2. The van der Waals surface area contributed by atoms with E-state index in [0.717, 1.165) is 51.4 Å². The van der Waals surface area contributed by atoms with E-state index in [1.807, 2.05) is 0 Å². The van der Waals surface area contributed by atoms with E-state index in [9.17, 15) is 19.0 Å². The molecule has 2 saturated carbocycles. The van der Waals surface area contributed by atoms with Crippen LogP contribution in [-0.2, 0) is 0 Å². The van der Waals surface area contributed by atoms with E-state index in [1.165, 1.54) is 4.68 Å². The topological polar surface area (TPSA) is 131 Å². The highest BCUT2D eigenvalue weighted by Gasteiger charge is 2.28. The minimum Gasteiger partial charge on any atom is -0.396 e. The van der Waals surface area contributed by atoms with Crippen LogP contribution in [0.5, 0.6) is 0 Å². The molecule has 2 fully saturated rings. The molecule has 38 heavy (non-hydrogen) atoms. The van der Waals surface area contributed by atoms with Gasteiger partial charge in [-0.15, -0.1) is 5.10 Å². The van der Waals surface area contributed by atoms with Crippen molar-refractivity contribution < 1.29 is 19.0 Å². The number of anilines is 1. The molecule has 0 spiro atoms. The molecule has 0 bridgehead atoms. The van der Waals surface area contributed by atoms with Gasteiger partial charge in [0.05, 0.1) is 42.3 Å². The summed E-state index contributed by atoms with van der Waals surface area (Å²) in [5, 5.41) is 40.0. The number of hydrogen-bond acceptors (Lipinski definition) is 8. The maximum atomic E-state index is 13.9. The molecule has 6 rings (SSSR count). The Bertz CT molecular complexity index is 1390. The molecule has 0 aliphatic heterocycles. The van der Waals surface area contributed by atoms with Crippen molar-refractivity contribution in [3.63, 3.8) is 0 Å². The van der Waals surface area contributed by atoms with Crippen LogP contribution in [0.1, 0.15) is 69.5 Å². The number of aliphatic hydroxyl groups excluding tert-OH is 2. The number of aliphatic hydroxyl groups is 2. The molecule has 0 amide bonds. The molecule has 0 aromatic carbocycles. The third kappa shape index (κ3) is 4.75. The molecule has 3 N–H and O–H groups in total. The summed E-state index contributed by atoms with van der Waals surface area (Å²) in [5.41, 5.74) is 1.43. The Morgan fingerprint density at radius 3 is 2.66 bits per heavy atom. The Morgan fingerprint density at radius 1 is 1.08 bits per heavy atom. The van der Waals surface area contributed by atoms with E-state index in [4.69, 9.17) is 4.98 Å². The molecule has 4 heterocycles. The largest absolute Gasteiger partial charge is 0.396 e. The molecule has 202 valence electrons. The van der Waals surface area contributed by atoms with Crippen LogP contribution >= 0.6 is 0 Å². The zero-order valence-corrected chi connectivity index (χ0v) is 20.9. The summed E-state index contributed by atoms with van der Waals surface area (Å²) in [5.74, 6) is 0.881. The molecular formula is C25H31F2N9O2. The lowest BCUT2D eigenvalue weighted by atomic mass is 9.87. The lowest BCUT2D eigenvalue weighted by Gasteiger charge is -2.28. The average molecular weight is 528 g/mol. The van der Waals surface area contributed by atoms with Gasteiger partial charge >= 0.3 is 0 Å². The van der Waals surface area contributed by atoms with Crippen LogP contribution in [0.15, 0.2) is 30.9 Å². The van der Waals surface area contributed by atoms with Gasteiger partial charge < -0.3 is 15.5 Å². The standard InChI is InChI=1S/C25H31F2N9O2/c26-24(27)23-20(13-35(32-23)16-7-5-15(14-37)6-8-16)36-12-19(31-33-36)17-11-28-34-10-9-22(30-25(17)34)29-18-3-1-2-4-21(18)38/h9-13,15-16,18,21,24,37-38H,1-8,14H2,(H,29,30)/t15?,16?,18-,21+/m0/s1. The van der Waals surface area contributed by atoms with E-state index >= 15 is 0 Å². The maximum absolute atomic E-state index is 13.9. The van der Waals surface area contributed by atoms with Crippen molar-refractivity contribution in [1.29, 1.82) is 0 Å². The molecule has 0 unspecified atom stereocenters. The number of halogens is 2.